The maximum atomic E-state index is 11.2. The monoisotopic (exact) mass is 262 g/mol. The average molecular weight is 262 g/mol. The number of urea groups is 1. The van der Waals surface area contributed by atoms with Gasteiger partial charge in [-0.25, -0.2) is 4.79 Å². The molecule has 0 saturated carbocycles. The number of aliphatic carboxylic acids is 1. The second kappa shape index (κ2) is 8.86. The quantitative estimate of drug-likeness (QED) is 0.590. The summed E-state index contributed by atoms with van der Waals surface area (Å²) in [5.41, 5.74) is 0. The molecule has 0 rings (SSSR count). The summed E-state index contributed by atoms with van der Waals surface area (Å²) in [7, 11) is 0. The van der Waals surface area contributed by atoms with Gasteiger partial charge in [0.15, 0.2) is 0 Å². The zero-order chi connectivity index (χ0) is 13.3. The Morgan fingerprint density at radius 1 is 1.35 bits per heavy atom. The van der Waals surface area contributed by atoms with Crippen LogP contribution >= 0.6 is 11.8 Å². The van der Waals surface area contributed by atoms with Crippen LogP contribution in [0, 0.1) is 0 Å². The number of carboxylic acids is 1. The van der Waals surface area contributed by atoms with E-state index >= 15 is 0 Å². The van der Waals surface area contributed by atoms with Crippen LogP contribution in [0.4, 0.5) is 4.79 Å². The zero-order valence-corrected chi connectivity index (χ0v) is 10.8. The molecule has 0 aliphatic heterocycles. The van der Waals surface area contributed by atoms with Gasteiger partial charge in [0, 0.05) is 6.54 Å². The number of thioether (sulfide) groups is 1. The van der Waals surface area contributed by atoms with Gasteiger partial charge in [0.25, 0.3) is 0 Å². The van der Waals surface area contributed by atoms with Gasteiger partial charge in [0.05, 0.1) is 11.0 Å². The first-order valence-corrected chi connectivity index (χ1v) is 6.44. The molecule has 1 atom stereocenters. The molecule has 0 aromatic carbocycles. The second-order valence-electron chi connectivity index (χ2n) is 3.45. The third-order valence-corrected chi connectivity index (χ3v) is 3.01. The van der Waals surface area contributed by atoms with E-state index in [1.165, 1.54) is 6.92 Å². The summed E-state index contributed by atoms with van der Waals surface area (Å²) >= 11 is 0.971. The summed E-state index contributed by atoms with van der Waals surface area (Å²) < 4.78 is 0. The third kappa shape index (κ3) is 8.56. The molecule has 1 unspecified atom stereocenters. The van der Waals surface area contributed by atoms with Crippen molar-refractivity contribution in [2.24, 2.45) is 0 Å². The lowest BCUT2D eigenvalue weighted by Crippen LogP contribution is -2.40. The Balaban J connectivity index is 3.71. The lowest BCUT2D eigenvalue weighted by atomic mass is 10.3. The minimum atomic E-state index is -0.977. The molecular weight excluding hydrogens is 244 g/mol. The van der Waals surface area contributed by atoms with Crippen molar-refractivity contribution >= 4 is 29.7 Å². The highest BCUT2D eigenvalue weighted by atomic mass is 32.2. The molecule has 17 heavy (non-hydrogen) atoms. The van der Waals surface area contributed by atoms with Crippen LogP contribution in [0.5, 0.6) is 0 Å². The fourth-order valence-electron chi connectivity index (χ4n) is 0.858. The molecule has 0 aromatic heterocycles. The van der Waals surface area contributed by atoms with Gasteiger partial charge in [-0.1, -0.05) is 13.3 Å². The Labute approximate surface area is 105 Å². The average Bonchev–Trinajstić information content (AvgIpc) is 2.26. The van der Waals surface area contributed by atoms with Crippen molar-refractivity contribution in [2.75, 3.05) is 12.3 Å². The number of unbranched alkanes of at least 4 members (excludes halogenated alkanes) is 1. The lowest BCUT2D eigenvalue weighted by molar-refractivity contribution is -0.136. The molecule has 0 aliphatic carbocycles. The SMILES string of the molecule is CCCCNC(=O)NC(=O)CSC(C)C(=O)O. The Kier molecular flexibility index (Phi) is 8.21. The molecule has 7 heteroatoms. The van der Waals surface area contributed by atoms with Crippen molar-refractivity contribution in [1.82, 2.24) is 10.6 Å². The van der Waals surface area contributed by atoms with Crippen LogP contribution in [0.25, 0.3) is 0 Å². The van der Waals surface area contributed by atoms with Gasteiger partial charge in [0.1, 0.15) is 0 Å². The fourth-order valence-corrected chi connectivity index (χ4v) is 1.47. The number of amides is 3. The van der Waals surface area contributed by atoms with Crippen LogP contribution in [-0.2, 0) is 9.59 Å². The number of imide groups is 1. The maximum absolute atomic E-state index is 11.2. The first kappa shape index (κ1) is 15.8. The van der Waals surface area contributed by atoms with E-state index in [1.807, 2.05) is 6.92 Å². The molecule has 0 bridgehead atoms. The molecule has 6 nitrogen and oxygen atoms in total. The van der Waals surface area contributed by atoms with Gasteiger partial charge in [-0.05, 0) is 13.3 Å². The molecule has 3 amide bonds. The van der Waals surface area contributed by atoms with E-state index in [-0.39, 0.29) is 5.75 Å². The first-order valence-electron chi connectivity index (χ1n) is 5.39. The fraction of sp³-hybridized carbons (Fsp3) is 0.700. The Morgan fingerprint density at radius 3 is 2.53 bits per heavy atom. The highest BCUT2D eigenvalue weighted by Gasteiger charge is 2.14. The van der Waals surface area contributed by atoms with E-state index in [2.05, 4.69) is 10.6 Å². The molecule has 98 valence electrons. The van der Waals surface area contributed by atoms with Crippen molar-refractivity contribution in [3.05, 3.63) is 0 Å². The highest BCUT2D eigenvalue weighted by Crippen LogP contribution is 2.09. The third-order valence-electron chi connectivity index (χ3n) is 1.88. The predicted octanol–water partition coefficient (Wildman–Crippen LogP) is 0.819. The minimum Gasteiger partial charge on any atom is -0.480 e. The summed E-state index contributed by atoms with van der Waals surface area (Å²) in [4.78, 5) is 32.8. The Morgan fingerprint density at radius 2 is 2.00 bits per heavy atom. The van der Waals surface area contributed by atoms with Crippen LogP contribution in [0.15, 0.2) is 0 Å². The number of carboxylic acid groups (broad SMARTS) is 1. The van der Waals surface area contributed by atoms with Gasteiger partial charge < -0.3 is 10.4 Å². The largest absolute Gasteiger partial charge is 0.480 e. The van der Waals surface area contributed by atoms with E-state index in [4.69, 9.17) is 5.11 Å². The number of carbonyl (C=O) groups excluding carboxylic acids is 2. The van der Waals surface area contributed by atoms with E-state index < -0.39 is 23.2 Å². The summed E-state index contributed by atoms with van der Waals surface area (Å²) in [5, 5.41) is 12.6. The number of nitrogens with one attached hydrogen (secondary N) is 2. The lowest BCUT2D eigenvalue weighted by Gasteiger charge is -2.07. The maximum Gasteiger partial charge on any atom is 0.321 e. The normalized spacial score (nSPS) is 11.6. The smallest absolute Gasteiger partial charge is 0.321 e. The molecule has 0 aliphatic rings. The van der Waals surface area contributed by atoms with E-state index in [1.54, 1.807) is 0 Å². The Hall–Kier alpha value is -1.24. The van der Waals surface area contributed by atoms with Crippen LogP contribution in [0.3, 0.4) is 0 Å². The molecule has 0 fully saturated rings. The minimum absolute atomic E-state index is 0.0470. The first-order chi connectivity index (χ1) is 7.97. The summed E-state index contributed by atoms with van der Waals surface area (Å²) in [6.45, 7) is 4.00. The zero-order valence-electron chi connectivity index (χ0n) is 9.99. The summed E-state index contributed by atoms with van der Waals surface area (Å²) in [6, 6.07) is -0.535. The van der Waals surface area contributed by atoms with E-state index in [9.17, 15) is 14.4 Å². The van der Waals surface area contributed by atoms with Crippen molar-refractivity contribution in [3.63, 3.8) is 0 Å². The molecule has 0 aromatic rings. The van der Waals surface area contributed by atoms with Crippen molar-refractivity contribution in [2.45, 2.75) is 31.9 Å². The van der Waals surface area contributed by atoms with Gasteiger partial charge >= 0.3 is 12.0 Å². The topological polar surface area (TPSA) is 95.5 Å². The number of hydrogen-bond donors (Lipinski definition) is 3. The molecular formula is C10H18N2O4S. The standard InChI is InChI=1S/C10H18N2O4S/c1-3-4-5-11-10(16)12-8(13)6-17-7(2)9(14)15/h7H,3-6H2,1-2H3,(H,14,15)(H2,11,12,13,16). The van der Waals surface area contributed by atoms with Gasteiger partial charge in [-0.15, -0.1) is 11.8 Å². The van der Waals surface area contributed by atoms with Gasteiger partial charge in [-0.3, -0.25) is 14.9 Å². The van der Waals surface area contributed by atoms with Crippen LogP contribution in [-0.4, -0.2) is 40.6 Å². The van der Waals surface area contributed by atoms with Gasteiger partial charge in [-0.2, -0.15) is 0 Å². The molecule has 0 saturated heterocycles. The van der Waals surface area contributed by atoms with Crippen LogP contribution in [0.2, 0.25) is 0 Å². The predicted molar refractivity (Wildman–Crippen MR) is 66.0 cm³/mol. The number of hydrogen-bond acceptors (Lipinski definition) is 4. The van der Waals surface area contributed by atoms with Crippen LogP contribution < -0.4 is 10.6 Å². The van der Waals surface area contributed by atoms with Crippen molar-refractivity contribution in [1.29, 1.82) is 0 Å². The van der Waals surface area contributed by atoms with Crippen LogP contribution in [0.1, 0.15) is 26.7 Å². The highest BCUT2D eigenvalue weighted by molar-refractivity contribution is 8.01. The number of rotatable bonds is 7. The van der Waals surface area contributed by atoms with Crippen molar-refractivity contribution < 1.29 is 19.5 Å². The second-order valence-corrected chi connectivity index (χ2v) is 4.78. The van der Waals surface area contributed by atoms with Crippen molar-refractivity contribution in [3.8, 4) is 0 Å². The molecule has 0 spiro atoms. The summed E-state index contributed by atoms with van der Waals surface area (Å²) in [5.74, 6) is -1.51. The summed E-state index contributed by atoms with van der Waals surface area (Å²) in [6.07, 6.45) is 1.81. The van der Waals surface area contributed by atoms with E-state index in [0.717, 1.165) is 24.6 Å². The van der Waals surface area contributed by atoms with E-state index in [0.29, 0.717) is 6.54 Å². The molecule has 0 heterocycles. The molecule has 3 N–H and O–H groups in total. The Bertz CT molecular complexity index is 283. The number of carbonyl (C=O) groups is 3. The van der Waals surface area contributed by atoms with Gasteiger partial charge in [0.2, 0.25) is 5.91 Å². The molecule has 0 radical (unpaired) electrons.